The molecular formula is C33H29F2N7O4. The summed E-state index contributed by atoms with van der Waals surface area (Å²) in [5.41, 5.74) is 1.25. The van der Waals surface area contributed by atoms with Crippen molar-refractivity contribution in [2.75, 3.05) is 23.4 Å². The summed E-state index contributed by atoms with van der Waals surface area (Å²) < 4.78 is 44.0. The number of rotatable bonds is 5. The summed E-state index contributed by atoms with van der Waals surface area (Å²) in [5.74, 6) is -2.30. The number of nitrogens with one attached hydrogen (secondary N) is 2. The van der Waals surface area contributed by atoms with E-state index in [-0.39, 0.29) is 46.6 Å². The molecule has 0 radical (unpaired) electrons. The molecule has 4 aliphatic rings. The second-order valence-corrected chi connectivity index (χ2v) is 11.8. The van der Waals surface area contributed by atoms with Gasteiger partial charge in [-0.3, -0.25) is 9.59 Å². The number of fused-ring (bicyclic) bond motifs is 4. The number of aromatic nitrogens is 3. The number of hydrogen-bond donors (Lipinski definition) is 2. The van der Waals surface area contributed by atoms with E-state index in [2.05, 4.69) is 25.7 Å². The average Bonchev–Trinajstić information content (AvgIpc) is 3.77. The van der Waals surface area contributed by atoms with Crippen LogP contribution in [0.25, 0.3) is 11.3 Å². The number of carbonyl (C=O) groups is 2. The lowest BCUT2D eigenvalue weighted by Gasteiger charge is -2.27. The van der Waals surface area contributed by atoms with Crippen molar-refractivity contribution in [3.05, 3.63) is 89.1 Å². The molecule has 13 heteroatoms. The summed E-state index contributed by atoms with van der Waals surface area (Å²) in [7, 11) is 0. The molecule has 2 amide bonds. The zero-order valence-electron chi connectivity index (χ0n) is 24.7. The summed E-state index contributed by atoms with van der Waals surface area (Å²) in [5, 5.41) is 9.83. The van der Waals surface area contributed by atoms with Gasteiger partial charge in [-0.1, -0.05) is 42.5 Å². The number of halogens is 2. The van der Waals surface area contributed by atoms with E-state index in [9.17, 15) is 14.0 Å². The third-order valence-electron chi connectivity index (χ3n) is 8.82. The fourth-order valence-electron chi connectivity index (χ4n) is 6.52. The predicted octanol–water partition coefficient (Wildman–Crippen LogP) is 3.92. The molecule has 46 heavy (non-hydrogen) atoms. The van der Waals surface area contributed by atoms with Crippen LogP contribution in [0, 0.1) is 11.8 Å². The number of hydrogen-bond acceptors (Lipinski definition) is 8. The highest BCUT2D eigenvalue weighted by Crippen LogP contribution is 2.37. The van der Waals surface area contributed by atoms with Crippen LogP contribution in [-0.4, -0.2) is 69.9 Å². The van der Waals surface area contributed by atoms with E-state index in [0.29, 0.717) is 48.8 Å². The van der Waals surface area contributed by atoms with Gasteiger partial charge in [0.25, 0.3) is 11.8 Å². The van der Waals surface area contributed by atoms with Gasteiger partial charge in [0.15, 0.2) is 0 Å². The third-order valence-corrected chi connectivity index (χ3v) is 8.82. The van der Waals surface area contributed by atoms with E-state index in [1.54, 1.807) is 42.5 Å². The molecule has 6 heterocycles. The minimum absolute atomic E-state index is 0.0147. The normalized spacial score (nSPS) is 23.2. The van der Waals surface area contributed by atoms with Gasteiger partial charge in [-0.2, -0.15) is 9.49 Å². The fraction of sp³-hybridized carbons (Fsp3) is 0.303. The summed E-state index contributed by atoms with van der Waals surface area (Å²) in [6.07, 6.45) is -0.0762. The van der Waals surface area contributed by atoms with Crippen molar-refractivity contribution in [1.82, 2.24) is 20.1 Å². The first-order valence-corrected chi connectivity index (χ1v) is 15.2. The molecule has 2 N–H and O–H groups in total. The summed E-state index contributed by atoms with van der Waals surface area (Å²) in [6, 6.07) is 16.8. The number of pyridine rings is 1. The first kappa shape index (κ1) is 28.3. The van der Waals surface area contributed by atoms with Gasteiger partial charge in [0.1, 0.15) is 22.9 Å². The molecule has 2 aromatic carbocycles. The monoisotopic (exact) mass is 625 g/mol. The van der Waals surface area contributed by atoms with Crippen molar-refractivity contribution in [2.24, 2.45) is 4.99 Å². The smallest absolute Gasteiger partial charge is 0.269 e. The van der Waals surface area contributed by atoms with Crippen molar-refractivity contribution < 1.29 is 27.8 Å². The van der Waals surface area contributed by atoms with E-state index in [0.717, 1.165) is 6.42 Å². The summed E-state index contributed by atoms with van der Waals surface area (Å²) >= 11 is 0. The number of para-hydroxylation sites is 1. The lowest BCUT2D eigenvalue weighted by atomic mass is 10.0. The minimum atomic E-state index is -1.46. The lowest BCUT2D eigenvalue weighted by Crippen LogP contribution is -2.42. The van der Waals surface area contributed by atoms with Crippen molar-refractivity contribution in [2.45, 2.75) is 50.7 Å². The van der Waals surface area contributed by atoms with Gasteiger partial charge in [0.2, 0.25) is 18.0 Å². The Morgan fingerprint density at radius 1 is 1.07 bits per heavy atom. The van der Waals surface area contributed by atoms with Gasteiger partial charge in [-0.15, -0.1) is 0 Å². The molecule has 8 rings (SSSR count). The molecule has 11 nitrogen and oxygen atoms in total. The van der Waals surface area contributed by atoms with Crippen LogP contribution < -0.4 is 20.3 Å². The number of nitrogens with zero attached hydrogens (tertiary/aromatic N) is 5. The lowest BCUT2D eigenvalue weighted by molar-refractivity contribution is -0.117. The molecule has 0 spiro atoms. The van der Waals surface area contributed by atoms with E-state index >= 15 is 4.39 Å². The first-order valence-electron chi connectivity index (χ1n) is 15.2. The quantitative estimate of drug-likeness (QED) is 0.323. The highest BCUT2D eigenvalue weighted by molar-refractivity contribution is 6.20. The summed E-state index contributed by atoms with van der Waals surface area (Å²) in [4.78, 5) is 38.5. The maximum atomic E-state index is 15.8. The maximum Gasteiger partial charge on any atom is 0.269 e. The largest absolute Gasteiger partial charge is 0.474 e. The molecule has 2 aromatic heterocycles. The van der Waals surface area contributed by atoms with E-state index in [4.69, 9.17) is 9.47 Å². The second kappa shape index (κ2) is 11.0. The minimum Gasteiger partial charge on any atom is -0.474 e. The number of benzodiazepines with no additional fused rings is 1. The molecule has 2 fully saturated rings. The van der Waals surface area contributed by atoms with Crippen LogP contribution in [0.4, 0.5) is 20.3 Å². The number of aliphatic imine (C=N–C) groups is 1. The van der Waals surface area contributed by atoms with Gasteiger partial charge >= 0.3 is 0 Å². The topological polar surface area (TPSA) is 123 Å². The Morgan fingerprint density at radius 3 is 2.67 bits per heavy atom. The van der Waals surface area contributed by atoms with Crippen LogP contribution in [0.5, 0.6) is 5.88 Å². The molecule has 4 aromatic rings. The van der Waals surface area contributed by atoms with Gasteiger partial charge < -0.3 is 25.0 Å². The van der Waals surface area contributed by atoms with E-state index in [1.807, 2.05) is 17.9 Å². The van der Waals surface area contributed by atoms with Gasteiger partial charge in [0, 0.05) is 30.6 Å². The van der Waals surface area contributed by atoms with Crippen LogP contribution in [0.15, 0.2) is 65.7 Å². The number of ether oxygens (including phenoxy) is 2. The molecule has 0 aliphatic carbocycles. The fourth-order valence-corrected chi connectivity index (χ4v) is 6.52. The van der Waals surface area contributed by atoms with Gasteiger partial charge in [-0.25, -0.2) is 19.0 Å². The van der Waals surface area contributed by atoms with Crippen molar-refractivity contribution >= 4 is 29.0 Å². The van der Waals surface area contributed by atoms with E-state index in [1.165, 1.54) is 16.8 Å². The van der Waals surface area contributed by atoms with Crippen molar-refractivity contribution in [1.29, 1.82) is 0 Å². The van der Waals surface area contributed by atoms with Crippen LogP contribution in [0.2, 0.25) is 0 Å². The molecule has 2 bridgehead atoms. The average molecular weight is 626 g/mol. The number of anilines is 2. The Kier molecular flexibility index (Phi) is 6.78. The zero-order chi connectivity index (χ0) is 31.5. The third kappa shape index (κ3) is 4.78. The Bertz CT molecular complexity index is 1910. The van der Waals surface area contributed by atoms with Crippen LogP contribution in [0.1, 0.15) is 41.3 Å². The summed E-state index contributed by atoms with van der Waals surface area (Å²) in [6.45, 7) is 3.51. The van der Waals surface area contributed by atoms with Gasteiger partial charge in [0.05, 0.1) is 41.8 Å². The second-order valence-electron chi connectivity index (χ2n) is 11.8. The molecule has 0 saturated carbocycles. The molecule has 4 atom stereocenters. The number of amides is 2. The van der Waals surface area contributed by atoms with Crippen molar-refractivity contribution in [3.8, 4) is 17.1 Å². The van der Waals surface area contributed by atoms with Crippen LogP contribution >= 0.6 is 0 Å². The Hall–Kier alpha value is -5.17. The SMILES string of the molecule is C[C@@H]1CCn2nc(-c3ccc(N4C[C@@H]5C[C@H]4CO5)nc3F)c(C(=O)N[C@H]3N=C(c4ccccc4)c4cccc(F)c4NC3=O)c2O1. The molecule has 2 saturated heterocycles. The number of benzene rings is 2. The highest BCUT2D eigenvalue weighted by atomic mass is 19.1. The molecule has 0 unspecified atom stereocenters. The Morgan fingerprint density at radius 2 is 1.91 bits per heavy atom. The van der Waals surface area contributed by atoms with Crippen LogP contribution in [0.3, 0.4) is 0 Å². The van der Waals surface area contributed by atoms with Gasteiger partial charge in [-0.05, 0) is 31.5 Å². The Labute approximate surface area is 262 Å². The molecular weight excluding hydrogens is 596 g/mol. The zero-order valence-corrected chi connectivity index (χ0v) is 24.7. The molecule has 4 aliphatic heterocycles. The Balaban J connectivity index is 1.17. The molecule has 234 valence electrons. The van der Waals surface area contributed by atoms with Crippen LogP contribution in [-0.2, 0) is 16.1 Å². The highest BCUT2D eigenvalue weighted by Gasteiger charge is 2.40. The number of aryl methyl sites for hydroxylation is 1. The predicted molar refractivity (Wildman–Crippen MR) is 164 cm³/mol. The van der Waals surface area contributed by atoms with E-state index < -0.39 is 29.7 Å². The number of morpholine rings is 1. The van der Waals surface area contributed by atoms with Crippen molar-refractivity contribution in [3.63, 3.8) is 0 Å². The number of carbonyl (C=O) groups excluding carboxylic acids is 2. The maximum absolute atomic E-state index is 15.8. The first-order chi connectivity index (χ1) is 22.3. The standard InChI is InChI=1S/C33H29F2N7O4/c1-17-12-13-42-33(46-17)25(28(40-42)22-10-11-24(36-29(22)35)41-15-20-14-19(41)16-45-20)31(43)39-30-32(44)38-27-21(8-5-9-23(27)34)26(37-30)18-6-3-2-4-7-18/h2-11,17,19-20,30H,12-16H2,1H3,(H,38,44)(H,39,43)/t17-,19+,20+,30-/m1/s1.